The van der Waals surface area contributed by atoms with Crippen molar-refractivity contribution in [2.45, 2.75) is 6.54 Å². The highest BCUT2D eigenvalue weighted by Crippen LogP contribution is 2.27. The third-order valence-electron chi connectivity index (χ3n) is 4.36. The molecule has 5 rings (SSSR count). The van der Waals surface area contributed by atoms with Crippen LogP contribution in [0.3, 0.4) is 0 Å². The van der Waals surface area contributed by atoms with Crippen molar-refractivity contribution in [3.8, 4) is 5.69 Å². The Labute approximate surface area is 170 Å². The maximum atomic E-state index is 13.2. The Morgan fingerprint density at radius 3 is 2.79 bits per heavy atom. The first kappa shape index (κ1) is 17.0. The predicted molar refractivity (Wildman–Crippen MR) is 112 cm³/mol. The first-order valence-corrected chi connectivity index (χ1v) is 9.90. The van der Waals surface area contributed by atoms with Crippen molar-refractivity contribution in [2.75, 3.05) is 5.73 Å². The molecule has 0 aliphatic rings. The lowest BCUT2D eigenvalue weighted by Crippen LogP contribution is -2.24. The number of nitrogen functional groups attached to an aromatic ring is 1. The van der Waals surface area contributed by atoms with Crippen LogP contribution in [-0.4, -0.2) is 29.1 Å². The predicted octanol–water partition coefficient (Wildman–Crippen LogP) is 2.98. The van der Waals surface area contributed by atoms with Gasteiger partial charge in [0.15, 0.2) is 11.5 Å². The molecule has 0 fully saturated rings. The molecule has 10 heteroatoms. The van der Waals surface area contributed by atoms with Crippen LogP contribution < -0.4 is 11.3 Å². The highest BCUT2D eigenvalue weighted by molar-refractivity contribution is 9.11. The number of thiophene rings is 1. The van der Waals surface area contributed by atoms with E-state index >= 15 is 0 Å². The van der Waals surface area contributed by atoms with Gasteiger partial charge in [-0.15, -0.1) is 11.3 Å². The summed E-state index contributed by atoms with van der Waals surface area (Å²) in [6.45, 7) is 0.308. The Kier molecular flexibility index (Phi) is 3.95. The summed E-state index contributed by atoms with van der Waals surface area (Å²) in [6.07, 6.45) is 3.03. The fraction of sp³-hybridized carbons (Fsp3) is 0.0556. The van der Waals surface area contributed by atoms with Crippen LogP contribution in [0.25, 0.3) is 27.1 Å². The minimum absolute atomic E-state index is 0.119. The maximum absolute atomic E-state index is 13.2. The smallest absolute Gasteiger partial charge is 0.266 e. The fourth-order valence-corrected chi connectivity index (χ4v) is 4.57. The minimum Gasteiger partial charge on any atom is -0.382 e. The Balaban J connectivity index is 1.76. The first-order valence-electron chi connectivity index (χ1n) is 8.29. The van der Waals surface area contributed by atoms with Gasteiger partial charge < -0.3 is 10.3 Å². The van der Waals surface area contributed by atoms with E-state index in [9.17, 15) is 4.79 Å². The number of nitrogens with zero attached hydrogens (tertiary/aromatic N) is 6. The molecule has 0 aliphatic heterocycles. The van der Waals surface area contributed by atoms with Gasteiger partial charge in [-0.2, -0.15) is 0 Å². The van der Waals surface area contributed by atoms with E-state index in [0.29, 0.717) is 39.6 Å². The number of anilines is 1. The molecule has 4 heterocycles. The molecule has 2 N–H and O–H groups in total. The van der Waals surface area contributed by atoms with E-state index in [1.165, 1.54) is 17.7 Å². The number of imidazole rings is 1. The van der Waals surface area contributed by atoms with Crippen LogP contribution in [0.15, 0.2) is 57.6 Å². The first-order chi connectivity index (χ1) is 13.6. The number of para-hydroxylation sites is 1. The van der Waals surface area contributed by atoms with E-state index in [4.69, 9.17) is 10.7 Å². The van der Waals surface area contributed by atoms with Crippen LogP contribution in [0.2, 0.25) is 0 Å². The monoisotopic (exact) mass is 453 g/mol. The largest absolute Gasteiger partial charge is 0.382 e. The molecule has 1 aromatic carbocycles. The maximum Gasteiger partial charge on any atom is 0.266 e. The quantitative estimate of drug-likeness (QED) is 0.450. The third kappa shape index (κ3) is 2.69. The van der Waals surface area contributed by atoms with E-state index in [1.807, 2.05) is 34.9 Å². The summed E-state index contributed by atoms with van der Waals surface area (Å²) in [5, 5.41) is 0.575. The van der Waals surface area contributed by atoms with E-state index in [1.54, 1.807) is 17.0 Å². The number of rotatable bonds is 3. The summed E-state index contributed by atoms with van der Waals surface area (Å²) in [5.74, 6) is 0.893. The Bertz CT molecular complexity index is 1390. The number of benzene rings is 1. The number of nitrogens with two attached hydrogens (primary N) is 1. The highest BCUT2D eigenvalue weighted by Gasteiger charge is 2.17. The molecule has 4 aromatic heterocycles. The minimum atomic E-state index is -0.119. The molecule has 5 aromatic rings. The molecular weight excluding hydrogens is 442 g/mol. The molecule has 0 saturated carbocycles. The summed E-state index contributed by atoms with van der Waals surface area (Å²) in [4.78, 5) is 31.2. The van der Waals surface area contributed by atoms with E-state index in [2.05, 4.69) is 30.9 Å². The van der Waals surface area contributed by atoms with Gasteiger partial charge in [0.2, 0.25) is 0 Å². The Morgan fingerprint density at radius 2 is 1.96 bits per heavy atom. The van der Waals surface area contributed by atoms with E-state index in [-0.39, 0.29) is 5.56 Å². The van der Waals surface area contributed by atoms with Gasteiger partial charge in [0.05, 0.1) is 27.7 Å². The molecular formula is C18H12BrN7OS. The standard InChI is InChI=1S/C18H12BrN7OS/c19-12-6-11-17(28-12)24-13(26(18(11)27)10-4-2-1-3-5-10)7-25-9-23-14-15(20)21-8-22-16(14)25/h1-6,8-9H,7H2,(H2,20,21,22). The summed E-state index contributed by atoms with van der Waals surface area (Å²) in [7, 11) is 0. The van der Waals surface area contributed by atoms with Crippen LogP contribution in [0.4, 0.5) is 5.82 Å². The second kappa shape index (κ2) is 6.50. The lowest BCUT2D eigenvalue weighted by atomic mass is 10.3. The number of fused-ring (bicyclic) bond motifs is 2. The molecule has 0 unspecified atom stereocenters. The van der Waals surface area contributed by atoms with Crippen LogP contribution >= 0.6 is 27.3 Å². The van der Waals surface area contributed by atoms with Gasteiger partial charge in [-0.05, 0) is 34.1 Å². The zero-order chi connectivity index (χ0) is 19.3. The molecule has 0 amide bonds. The summed E-state index contributed by atoms with van der Waals surface area (Å²) < 4.78 is 4.29. The summed E-state index contributed by atoms with van der Waals surface area (Å²) in [6, 6.07) is 11.3. The SMILES string of the molecule is Nc1ncnc2c1ncn2Cc1nc2sc(Br)cc2c(=O)n1-c1ccccc1. The van der Waals surface area contributed by atoms with Gasteiger partial charge in [-0.25, -0.2) is 19.9 Å². The molecule has 0 atom stereocenters. The third-order valence-corrected chi connectivity index (χ3v) is 5.89. The zero-order valence-corrected chi connectivity index (χ0v) is 16.7. The zero-order valence-electron chi connectivity index (χ0n) is 14.3. The van der Waals surface area contributed by atoms with Gasteiger partial charge in [-0.1, -0.05) is 18.2 Å². The molecule has 0 aliphatic carbocycles. The lowest BCUT2D eigenvalue weighted by molar-refractivity contribution is 0.719. The van der Waals surface area contributed by atoms with Crippen molar-refractivity contribution in [3.05, 3.63) is 69.0 Å². The van der Waals surface area contributed by atoms with Crippen molar-refractivity contribution in [1.29, 1.82) is 0 Å². The molecule has 28 heavy (non-hydrogen) atoms. The van der Waals surface area contributed by atoms with Gasteiger partial charge in [0, 0.05) is 0 Å². The van der Waals surface area contributed by atoms with Crippen LogP contribution in [0.1, 0.15) is 5.82 Å². The van der Waals surface area contributed by atoms with Crippen LogP contribution in [-0.2, 0) is 6.54 Å². The second-order valence-electron chi connectivity index (χ2n) is 6.08. The number of halogens is 1. The average Bonchev–Trinajstić information content (AvgIpc) is 3.27. The van der Waals surface area contributed by atoms with Crippen molar-refractivity contribution < 1.29 is 0 Å². The van der Waals surface area contributed by atoms with E-state index < -0.39 is 0 Å². The topological polar surface area (TPSA) is 105 Å². The van der Waals surface area contributed by atoms with E-state index in [0.717, 1.165) is 9.47 Å². The number of aromatic nitrogens is 6. The van der Waals surface area contributed by atoms with Crippen molar-refractivity contribution in [1.82, 2.24) is 29.1 Å². The van der Waals surface area contributed by atoms with Gasteiger partial charge >= 0.3 is 0 Å². The number of hydrogen-bond acceptors (Lipinski definition) is 7. The molecule has 0 bridgehead atoms. The molecule has 0 radical (unpaired) electrons. The van der Waals surface area contributed by atoms with Crippen LogP contribution in [0.5, 0.6) is 0 Å². The molecule has 8 nitrogen and oxygen atoms in total. The molecule has 0 spiro atoms. The normalized spacial score (nSPS) is 11.5. The Hall–Kier alpha value is -3.11. The lowest BCUT2D eigenvalue weighted by Gasteiger charge is -2.13. The second-order valence-corrected chi connectivity index (χ2v) is 8.49. The van der Waals surface area contributed by atoms with Crippen molar-refractivity contribution in [3.63, 3.8) is 0 Å². The van der Waals surface area contributed by atoms with Gasteiger partial charge in [0.1, 0.15) is 22.5 Å². The summed E-state index contributed by atoms with van der Waals surface area (Å²) >= 11 is 4.87. The average molecular weight is 454 g/mol. The fourth-order valence-electron chi connectivity index (χ4n) is 3.11. The van der Waals surface area contributed by atoms with Crippen LogP contribution in [0, 0.1) is 0 Å². The number of hydrogen-bond donors (Lipinski definition) is 1. The molecule has 138 valence electrons. The van der Waals surface area contributed by atoms with Gasteiger partial charge in [0.25, 0.3) is 5.56 Å². The van der Waals surface area contributed by atoms with Crippen molar-refractivity contribution >= 4 is 54.5 Å². The van der Waals surface area contributed by atoms with Gasteiger partial charge in [-0.3, -0.25) is 9.36 Å². The van der Waals surface area contributed by atoms with Crippen molar-refractivity contribution in [2.24, 2.45) is 0 Å². The summed E-state index contributed by atoms with van der Waals surface area (Å²) in [5.41, 5.74) is 7.63. The Morgan fingerprint density at radius 1 is 1.14 bits per heavy atom. The highest BCUT2D eigenvalue weighted by atomic mass is 79.9. The molecule has 0 saturated heterocycles.